The van der Waals surface area contributed by atoms with E-state index in [1.165, 1.54) is 0 Å². The molecule has 0 aliphatic carbocycles. The van der Waals surface area contributed by atoms with Crippen LogP contribution in [0.5, 0.6) is 5.75 Å². The number of aromatic nitrogens is 3. The van der Waals surface area contributed by atoms with Gasteiger partial charge in [0.2, 0.25) is 0 Å². The topological polar surface area (TPSA) is 71.2 Å². The summed E-state index contributed by atoms with van der Waals surface area (Å²) in [4.78, 5) is 4.48. The summed E-state index contributed by atoms with van der Waals surface area (Å²) in [6.45, 7) is 14.7. The second-order valence-electron chi connectivity index (χ2n) is 9.67. The van der Waals surface area contributed by atoms with E-state index in [2.05, 4.69) is 46.5 Å². The number of rotatable bonds is 3. The molecule has 28 heavy (non-hydrogen) atoms. The molecule has 150 valence electrons. The van der Waals surface area contributed by atoms with Gasteiger partial charge in [0.1, 0.15) is 11.4 Å². The molecule has 3 rings (SSSR count). The predicted molar refractivity (Wildman–Crippen MR) is 114 cm³/mol. The highest BCUT2D eigenvalue weighted by Gasteiger charge is 2.28. The number of hydrogen-bond donors (Lipinski definition) is 2. The van der Waals surface area contributed by atoms with E-state index >= 15 is 0 Å². The van der Waals surface area contributed by atoms with E-state index in [1.807, 2.05) is 24.3 Å². The minimum atomic E-state index is -0.520. The number of fused-ring (bicyclic) bond motifs is 1. The Hall–Kier alpha value is -2.40. The van der Waals surface area contributed by atoms with Gasteiger partial charge in [-0.3, -0.25) is 0 Å². The Morgan fingerprint density at radius 1 is 1.04 bits per heavy atom. The van der Waals surface area contributed by atoms with E-state index in [9.17, 15) is 10.2 Å². The number of aromatic hydroxyl groups is 1. The lowest BCUT2D eigenvalue weighted by molar-refractivity contribution is 0.170. The standard InChI is InChI=1S/C23H31N3O2/c1-14(27)13-26-21-16(9-8-10-24-21)19(25-26)15-11-17(22(2,3)4)20(28)18(12-15)23(5,6)7/h8-12,14,27-28H,13H2,1-7H3. The van der Waals surface area contributed by atoms with Crippen molar-refractivity contribution >= 4 is 11.0 Å². The molecule has 1 unspecified atom stereocenters. The maximum Gasteiger partial charge on any atom is 0.158 e. The van der Waals surface area contributed by atoms with Gasteiger partial charge in [0, 0.05) is 28.3 Å². The summed E-state index contributed by atoms with van der Waals surface area (Å²) in [7, 11) is 0. The third-order valence-corrected chi connectivity index (χ3v) is 4.94. The molecule has 0 saturated carbocycles. The van der Waals surface area contributed by atoms with Crippen LogP contribution in [0.2, 0.25) is 0 Å². The summed E-state index contributed by atoms with van der Waals surface area (Å²) in [5, 5.41) is 26.6. The van der Waals surface area contributed by atoms with E-state index in [-0.39, 0.29) is 10.8 Å². The monoisotopic (exact) mass is 381 g/mol. The van der Waals surface area contributed by atoms with Crippen LogP contribution >= 0.6 is 0 Å². The van der Waals surface area contributed by atoms with Gasteiger partial charge in [-0.2, -0.15) is 5.10 Å². The zero-order chi connectivity index (χ0) is 20.9. The number of aliphatic hydroxyl groups excluding tert-OH is 1. The quantitative estimate of drug-likeness (QED) is 0.685. The molecule has 0 radical (unpaired) electrons. The number of benzene rings is 1. The van der Waals surface area contributed by atoms with E-state index in [0.29, 0.717) is 12.3 Å². The fourth-order valence-corrected chi connectivity index (χ4v) is 3.51. The number of phenolic OH excluding ortho intramolecular Hbond substituents is 1. The van der Waals surface area contributed by atoms with Crippen molar-refractivity contribution < 1.29 is 10.2 Å². The lowest BCUT2D eigenvalue weighted by Crippen LogP contribution is -2.17. The molecule has 0 bridgehead atoms. The molecule has 0 amide bonds. The van der Waals surface area contributed by atoms with Crippen LogP contribution in [0.1, 0.15) is 59.6 Å². The molecule has 0 fully saturated rings. The van der Waals surface area contributed by atoms with Gasteiger partial charge in [0.05, 0.1) is 12.6 Å². The molecule has 1 atom stereocenters. The van der Waals surface area contributed by atoms with Crippen molar-refractivity contribution in [2.75, 3.05) is 0 Å². The summed E-state index contributed by atoms with van der Waals surface area (Å²) in [5.41, 5.74) is 3.90. The first-order valence-corrected chi connectivity index (χ1v) is 9.77. The highest BCUT2D eigenvalue weighted by molar-refractivity contribution is 5.91. The number of hydrogen-bond acceptors (Lipinski definition) is 4. The molecular formula is C23H31N3O2. The lowest BCUT2D eigenvalue weighted by Gasteiger charge is -2.28. The van der Waals surface area contributed by atoms with Crippen LogP contribution in [-0.4, -0.2) is 31.1 Å². The van der Waals surface area contributed by atoms with E-state index in [1.54, 1.807) is 17.8 Å². The summed E-state index contributed by atoms with van der Waals surface area (Å²) in [5.74, 6) is 0.356. The normalized spacial score (nSPS) is 13.9. The van der Waals surface area contributed by atoms with E-state index in [0.717, 1.165) is 33.4 Å². The van der Waals surface area contributed by atoms with Crippen molar-refractivity contribution in [3.8, 4) is 17.0 Å². The second-order valence-corrected chi connectivity index (χ2v) is 9.67. The van der Waals surface area contributed by atoms with Gasteiger partial charge in [-0.05, 0) is 42.0 Å². The Balaban J connectivity index is 2.33. The first-order valence-electron chi connectivity index (χ1n) is 9.77. The summed E-state index contributed by atoms with van der Waals surface area (Å²) >= 11 is 0. The summed E-state index contributed by atoms with van der Waals surface area (Å²) < 4.78 is 1.76. The van der Waals surface area contributed by atoms with Gasteiger partial charge in [-0.15, -0.1) is 0 Å². The molecular weight excluding hydrogens is 350 g/mol. The van der Waals surface area contributed by atoms with Crippen molar-refractivity contribution in [1.82, 2.24) is 14.8 Å². The van der Waals surface area contributed by atoms with Gasteiger partial charge in [0.15, 0.2) is 5.65 Å². The third-order valence-electron chi connectivity index (χ3n) is 4.94. The maximum absolute atomic E-state index is 11.0. The minimum Gasteiger partial charge on any atom is -0.507 e. The second kappa shape index (κ2) is 6.89. The third kappa shape index (κ3) is 3.76. The number of phenols is 1. The average molecular weight is 382 g/mol. The molecule has 1 aromatic carbocycles. The van der Waals surface area contributed by atoms with E-state index in [4.69, 9.17) is 5.10 Å². The Labute approximate surface area is 167 Å². The van der Waals surface area contributed by atoms with Gasteiger partial charge >= 0.3 is 0 Å². The maximum atomic E-state index is 11.0. The molecule has 0 spiro atoms. The van der Waals surface area contributed by atoms with Crippen LogP contribution in [0.3, 0.4) is 0 Å². The van der Waals surface area contributed by atoms with Gasteiger partial charge in [0.25, 0.3) is 0 Å². The van der Waals surface area contributed by atoms with Gasteiger partial charge in [-0.1, -0.05) is 41.5 Å². The average Bonchev–Trinajstić information content (AvgIpc) is 2.91. The number of aliphatic hydroxyl groups is 1. The largest absolute Gasteiger partial charge is 0.507 e. The molecule has 0 aliphatic rings. The number of nitrogens with zero attached hydrogens (tertiary/aromatic N) is 3. The van der Waals surface area contributed by atoms with Crippen LogP contribution < -0.4 is 0 Å². The summed E-state index contributed by atoms with van der Waals surface area (Å²) in [6.07, 6.45) is 1.22. The first kappa shape index (κ1) is 20.3. The van der Waals surface area contributed by atoms with Crippen molar-refractivity contribution in [2.45, 2.75) is 71.9 Å². The SMILES string of the molecule is CC(O)Cn1nc(-c2cc(C(C)(C)C)c(O)c(C(C)(C)C)c2)c2cccnc21. The zero-order valence-corrected chi connectivity index (χ0v) is 17.9. The van der Waals surface area contributed by atoms with Crippen molar-refractivity contribution in [1.29, 1.82) is 0 Å². The molecule has 0 aliphatic heterocycles. The van der Waals surface area contributed by atoms with Crippen LogP contribution in [0.25, 0.3) is 22.3 Å². The fraction of sp³-hybridized carbons (Fsp3) is 0.478. The van der Waals surface area contributed by atoms with Crippen LogP contribution in [0.15, 0.2) is 30.5 Å². The molecule has 5 heteroatoms. The highest BCUT2D eigenvalue weighted by atomic mass is 16.3. The molecule has 0 saturated heterocycles. The Bertz CT molecular complexity index is 970. The van der Waals surface area contributed by atoms with Gasteiger partial charge < -0.3 is 10.2 Å². The first-order chi connectivity index (χ1) is 12.9. The van der Waals surface area contributed by atoms with Crippen LogP contribution in [-0.2, 0) is 17.4 Å². The molecule has 2 heterocycles. The molecule has 2 aromatic heterocycles. The fourth-order valence-electron chi connectivity index (χ4n) is 3.51. The van der Waals surface area contributed by atoms with Crippen molar-refractivity contribution in [2.24, 2.45) is 0 Å². The minimum absolute atomic E-state index is 0.212. The van der Waals surface area contributed by atoms with E-state index < -0.39 is 6.10 Å². The predicted octanol–water partition coefficient (Wildman–Crippen LogP) is 4.78. The number of pyridine rings is 1. The smallest absolute Gasteiger partial charge is 0.158 e. The Morgan fingerprint density at radius 3 is 2.11 bits per heavy atom. The zero-order valence-electron chi connectivity index (χ0n) is 17.9. The Kier molecular flexibility index (Phi) is 5.00. The molecule has 3 aromatic rings. The van der Waals surface area contributed by atoms with Gasteiger partial charge in [-0.25, -0.2) is 9.67 Å². The summed E-state index contributed by atoms with van der Waals surface area (Å²) in [6, 6.07) is 7.97. The molecule has 2 N–H and O–H groups in total. The van der Waals surface area contributed by atoms with Crippen LogP contribution in [0, 0.1) is 0 Å². The highest BCUT2D eigenvalue weighted by Crippen LogP contribution is 2.42. The van der Waals surface area contributed by atoms with Crippen LogP contribution in [0.4, 0.5) is 0 Å². The Morgan fingerprint density at radius 2 is 1.61 bits per heavy atom. The van der Waals surface area contributed by atoms with Crippen molar-refractivity contribution in [3.63, 3.8) is 0 Å². The lowest BCUT2D eigenvalue weighted by atomic mass is 9.78. The molecule has 5 nitrogen and oxygen atoms in total. The van der Waals surface area contributed by atoms with Crippen molar-refractivity contribution in [3.05, 3.63) is 41.6 Å².